The fraction of sp³-hybridized carbons (Fsp3) is 0.722. The minimum absolute atomic E-state index is 0.0794. The third-order valence-corrected chi connectivity index (χ3v) is 5.12. The molecule has 1 amide bonds. The second kappa shape index (κ2) is 6.17. The average molecular weight is 332 g/mol. The molecule has 6 nitrogen and oxygen atoms in total. The van der Waals surface area contributed by atoms with E-state index >= 15 is 0 Å². The maximum atomic E-state index is 13.1. The summed E-state index contributed by atoms with van der Waals surface area (Å²) in [5, 5.41) is 0. The molecule has 0 aromatic heterocycles. The van der Waals surface area contributed by atoms with Gasteiger partial charge in [0.1, 0.15) is 11.6 Å². The van der Waals surface area contributed by atoms with Crippen LogP contribution in [-0.2, 0) is 19.1 Å². The Morgan fingerprint density at radius 3 is 2.62 bits per heavy atom. The largest absolute Gasteiger partial charge is 0.458 e. The first kappa shape index (κ1) is 16.9. The van der Waals surface area contributed by atoms with Crippen LogP contribution in [0.3, 0.4) is 0 Å². The second-order valence-corrected chi connectivity index (χ2v) is 7.91. The molecular formula is C18H24N2O4. The van der Waals surface area contributed by atoms with Gasteiger partial charge in [0.25, 0.3) is 0 Å². The molecule has 2 bridgehead atoms. The first-order valence-electron chi connectivity index (χ1n) is 8.60. The van der Waals surface area contributed by atoms with Crippen molar-refractivity contribution in [3.05, 3.63) is 12.2 Å². The zero-order valence-electron chi connectivity index (χ0n) is 14.4. The van der Waals surface area contributed by atoms with Gasteiger partial charge in [-0.1, -0.05) is 12.2 Å². The number of ether oxygens (including phenoxy) is 1. The highest BCUT2D eigenvalue weighted by Gasteiger charge is 2.51. The Bertz CT molecular complexity index is 615. The monoisotopic (exact) mass is 332 g/mol. The van der Waals surface area contributed by atoms with Gasteiger partial charge in [-0.3, -0.25) is 4.79 Å². The van der Waals surface area contributed by atoms with E-state index in [2.05, 4.69) is 4.99 Å². The highest BCUT2D eigenvalue weighted by atomic mass is 16.6. The van der Waals surface area contributed by atoms with E-state index in [0.717, 1.165) is 12.8 Å². The molecule has 1 saturated carbocycles. The number of allylic oxidation sites excluding steroid dienone is 1. The topological polar surface area (TPSA) is 76.0 Å². The number of fused-ring (bicyclic) bond motifs is 2. The van der Waals surface area contributed by atoms with Gasteiger partial charge in [0, 0.05) is 12.5 Å². The Morgan fingerprint density at radius 2 is 1.96 bits per heavy atom. The highest BCUT2D eigenvalue weighted by Crippen LogP contribution is 2.46. The van der Waals surface area contributed by atoms with E-state index in [4.69, 9.17) is 4.74 Å². The van der Waals surface area contributed by atoms with Gasteiger partial charge in [-0.25, -0.2) is 14.6 Å². The van der Waals surface area contributed by atoms with E-state index in [0.29, 0.717) is 13.0 Å². The summed E-state index contributed by atoms with van der Waals surface area (Å²) < 4.78 is 5.47. The van der Waals surface area contributed by atoms with Gasteiger partial charge in [-0.05, 0) is 46.0 Å². The molecule has 0 radical (unpaired) electrons. The van der Waals surface area contributed by atoms with Crippen LogP contribution >= 0.6 is 0 Å². The SMILES string of the molecule is CC(C)(C)OC(=O)C1CCCN1C(=O)[C@H]1[C@@H](N=C=O)[C@H]2C=C[C@@H]1C2. The molecule has 130 valence electrons. The predicted molar refractivity (Wildman–Crippen MR) is 86.7 cm³/mol. The number of esters is 1. The molecule has 2 fully saturated rings. The molecule has 1 saturated heterocycles. The number of amides is 1. The van der Waals surface area contributed by atoms with Crippen molar-refractivity contribution < 1.29 is 19.1 Å². The standard InChI is InChI=1S/C18H24N2O4/c1-18(2,3)24-17(23)13-5-4-8-20(13)16(22)14-11-6-7-12(9-11)15(14)19-10-21/h6-7,11-15H,4-5,8-9H2,1-3H3/t11-,12+,13?,14-,15+/m1/s1. The lowest BCUT2D eigenvalue weighted by Gasteiger charge is -2.32. The van der Waals surface area contributed by atoms with Crippen molar-refractivity contribution in [2.75, 3.05) is 6.54 Å². The summed E-state index contributed by atoms with van der Waals surface area (Å²) in [6.45, 7) is 6.02. The summed E-state index contributed by atoms with van der Waals surface area (Å²) in [5.74, 6) is -0.548. The molecule has 1 heterocycles. The maximum Gasteiger partial charge on any atom is 0.329 e. The van der Waals surface area contributed by atoms with E-state index in [9.17, 15) is 14.4 Å². The lowest BCUT2D eigenvalue weighted by atomic mass is 9.88. The normalized spacial score (nSPS) is 34.3. The van der Waals surface area contributed by atoms with Crippen molar-refractivity contribution in [3.8, 4) is 0 Å². The summed E-state index contributed by atoms with van der Waals surface area (Å²) >= 11 is 0. The van der Waals surface area contributed by atoms with Crippen molar-refractivity contribution in [2.24, 2.45) is 22.7 Å². The Morgan fingerprint density at radius 1 is 1.25 bits per heavy atom. The minimum atomic E-state index is -0.575. The van der Waals surface area contributed by atoms with Crippen LogP contribution in [0.2, 0.25) is 0 Å². The fourth-order valence-corrected chi connectivity index (χ4v) is 4.20. The van der Waals surface area contributed by atoms with Gasteiger partial charge in [0.05, 0.1) is 12.0 Å². The van der Waals surface area contributed by atoms with Crippen molar-refractivity contribution in [1.82, 2.24) is 4.90 Å². The van der Waals surface area contributed by atoms with E-state index in [1.165, 1.54) is 0 Å². The Balaban J connectivity index is 1.77. The number of hydrogen-bond acceptors (Lipinski definition) is 5. The van der Waals surface area contributed by atoms with Gasteiger partial charge >= 0.3 is 5.97 Å². The number of likely N-dealkylation sites (tertiary alicyclic amines) is 1. The first-order chi connectivity index (χ1) is 11.3. The molecule has 5 atom stereocenters. The number of isocyanates is 1. The number of carbonyl (C=O) groups excluding carboxylic acids is 3. The van der Waals surface area contributed by atoms with Gasteiger partial charge in [0.2, 0.25) is 12.0 Å². The summed E-state index contributed by atoms with van der Waals surface area (Å²) in [7, 11) is 0. The van der Waals surface area contributed by atoms with Crippen LogP contribution < -0.4 is 0 Å². The molecular weight excluding hydrogens is 308 g/mol. The van der Waals surface area contributed by atoms with E-state index < -0.39 is 11.6 Å². The molecule has 1 unspecified atom stereocenters. The fourth-order valence-electron chi connectivity index (χ4n) is 4.20. The Labute approximate surface area is 141 Å². The molecule has 1 aliphatic heterocycles. The molecule has 0 aromatic rings. The van der Waals surface area contributed by atoms with Gasteiger partial charge in [0.15, 0.2) is 0 Å². The molecule has 3 aliphatic rings. The maximum absolute atomic E-state index is 13.1. The number of rotatable bonds is 3. The van der Waals surface area contributed by atoms with Crippen LogP contribution in [0.1, 0.15) is 40.0 Å². The third-order valence-electron chi connectivity index (χ3n) is 5.12. The van der Waals surface area contributed by atoms with E-state index in [1.807, 2.05) is 32.9 Å². The number of carbonyl (C=O) groups is 2. The van der Waals surface area contributed by atoms with Crippen LogP contribution in [0.25, 0.3) is 0 Å². The summed E-state index contributed by atoms with van der Waals surface area (Å²) in [4.78, 5) is 41.8. The first-order valence-corrected chi connectivity index (χ1v) is 8.60. The van der Waals surface area contributed by atoms with Crippen molar-refractivity contribution in [3.63, 3.8) is 0 Å². The van der Waals surface area contributed by atoms with Crippen LogP contribution in [0, 0.1) is 17.8 Å². The predicted octanol–water partition coefficient (Wildman–Crippen LogP) is 1.85. The zero-order valence-corrected chi connectivity index (χ0v) is 14.4. The highest BCUT2D eigenvalue weighted by molar-refractivity contribution is 5.88. The summed E-state index contributed by atoms with van der Waals surface area (Å²) in [6, 6.07) is -0.870. The summed E-state index contributed by atoms with van der Waals surface area (Å²) in [6.07, 6.45) is 7.95. The second-order valence-electron chi connectivity index (χ2n) is 7.91. The number of aliphatic imine (C=N–C) groups is 1. The molecule has 3 rings (SSSR count). The van der Waals surface area contributed by atoms with Crippen LogP contribution in [0.15, 0.2) is 17.1 Å². The van der Waals surface area contributed by atoms with Crippen LogP contribution in [-0.4, -0.2) is 47.1 Å². The van der Waals surface area contributed by atoms with Crippen LogP contribution in [0.4, 0.5) is 0 Å². The average Bonchev–Trinajstić information content (AvgIpc) is 3.20. The third kappa shape index (κ3) is 3.03. The molecule has 6 heteroatoms. The van der Waals surface area contributed by atoms with Gasteiger partial charge in [-0.15, -0.1) is 0 Å². The number of nitrogens with zero attached hydrogens (tertiary/aromatic N) is 2. The quantitative estimate of drug-likeness (QED) is 0.342. The van der Waals surface area contributed by atoms with Crippen LogP contribution in [0.5, 0.6) is 0 Å². The van der Waals surface area contributed by atoms with Crippen molar-refractivity contribution >= 4 is 18.0 Å². The molecule has 0 spiro atoms. The van der Waals surface area contributed by atoms with E-state index in [-0.39, 0.29) is 35.7 Å². The lowest BCUT2D eigenvalue weighted by Crippen LogP contribution is -2.48. The van der Waals surface area contributed by atoms with Gasteiger partial charge < -0.3 is 9.64 Å². The van der Waals surface area contributed by atoms with E-state index in [1.54, 1.807) is 11.0 Å². The molecule has 0 N–H and O–H groups in total. The van der Waals surface area contributed by atoms with Gasteiger partial charge in [-0.2, -0.15) is 0 Å². The number of hydrogen-bond donors (Lipinski definition) is 0. The molecule has 2 aliphatic carbocycles. The van der Waals surface area contributed by atoms with Crippen molar-refractivity contribution in [1.29, 1.82) is 0 Å². The summed E-state index contributed by atoms with van der Waals surface area (Å²) in [5.41, 5.74) is -0.575. The zero-order chi connectivity index (χ0) is 17.5. The molecule has 0 aromatic carbocycles. The lowest BCUT2D eigenvalue weighted by molar-refractivity contribution is -0.164. The smallest absolute Gasteiger partial charge is 0.329 e. The molecule has 24 heavy (non-hydrogen) atoms. The Hall–Kier alpha value is -1.94. The minimum Gasteiger partial charge on any atom is -0.458 e. The Kier molecular flexibility index (Phi) is 4.35. The van der Waals surface area contributed by atoms with Crippen molar-refractivity contribution in [2.45, 2.75) is 57.7 Å².